The van der Waals surface area contributed by atoms with E-state index in [1.807, 2.05) is 30.5 Å². The summed E-state index contributed by atoms with van der Waals surface area (Å²) in [7, 11) is 1.67. The first kappa shape index (κ1) is 17.9. The van der Waals surface area contributed by atoms with Crippen LogP contribution in [0.15, 0.2) is 48.7 Å². The highest BCUT2D eigenvalue weighted by molar-refractivity contribution is 6.31. The summed E-state index contributed by atoms with van der Waals surface area (Å²) in [5.41, 5.74) is 2.66. The molecule has 0 fully saturated rings. The van der Waals surface area contributed by atoms with Gasteiger partial charge in [0.15, 0.2) is 0 Å². The normalized spacial score (nSPS) is 10.8. The second-order valence-corrected chi connectivity index (χ2v) is 6.55. The van der Waals surface area contributed by atoms with E-state index in [1.165, 1.54) is 18.2 Å². The molecule has 1 N–H and O–H groups in total. The van der Waals surface area contributed by atoms with Crippen LogP contribution in [-0.2, 0) is 17.8 Å². The molecule has 0 bridgehead atoms. The van der Waals surface area contributed by atoms with Gasteiger partial charge in [-0.2, -0.15) is 0 Å². The number of rotatable bonds is 6. The van der Waals surface area contributed by atoms with Crippen molar-refractivity contribution in [1.82, 2.24) is 9.88 Å². The van der Waals surface area contributed by atoms with Crippen LogP contribution in [0.5, 0.6) is 0 Å². The number of hydrogen-bond donors (Lipinski definition) is 1. The molecule has 0 aliphatic carbocycles. The van der Waals surface area contributed by atoms with Crippen molar-refractivity contribution in [2.45, 2.75) is 19.4 Å². The van der Waals surface area contributed by atoms with Gasteiger partial charge in [0.1, 0.15) is 0 Å². The standard InChI is InChI=1S/C19H18ClN3O3/c1-22(12-14-10-15(23(25)26)7-8-17(14)20)19(24)9-6-13-11-21-18-5-3-2-4-16(13)18/h2-5,7-8,10-11,21H,6,9,12H2,1H3. The third-order valence-electron chi connectivity index (χ3n) is 4.36. The van der Waals surface area contributed by atoms with Gasteiger partial charge in [-0.15, -0.1) is 0 Å². The molecule has 3 aromatic rings. The van der Waals surface area contributed by atoms with Crippen LogP contribution in [0.2, 0.25) is 5.02 Å². The lowest BCUT2D eigenvalue weighted by Crippen LogP contribution is -2.26. The number of fused-ring (bicyclic) bond motifs is 1. The van der Waals surface area contributed by atoms with Crippen LogP contribution >= 0.6 is 11.6 Å². The van der Waals surface area contributed by atoms with E-state index >= 15 is 0 Å². The van der Waals surface area contributed by atoms with Crippen molar-refractivity contribution in [3.8, 4) is 0 Å². The SMILES string of the molecule is CN(Cc1cc([N+](=O)[O-])ccc1Cl)C(=O)CCc1c[nH]c2ccccc12. The minimum Gasteiger partial charge on any atom is -0.361 e. The quantitative estimate of drug-likeness (QED) is 0.517. The number of carbonyl (C=O) groups is 1. The van der Waals surface area contributed by atoms with E-state index in [2.05, 4.69) is 4.98 Å². The largest absolute Gasteiger partial charge is 0.361 e. The highest BCUT2D eigenvalue weighted by atomic mass is 35.5. The van der Waals surface area contributed by atoms with Crippen LogP contribution in [0.3, 0.4) is 0 Å². The molecule has 6 nitrogen and oxygen atoms in total. The second kappa shape index (κ2) is 7.58. The Balaban J connectivity index is 1.65. The van der Waals surface area contributed by atoms with Gasteiger partial charge >= 0.3 is 0 Å². The number of nitrogens with one attached hydrogen (secondary N) is 1. The number of amides is 1. The first-order chi connectivity index (χ1) is 12.5. The molecule has 0 aliphatic heterocycles. The maximum Gasteiger partial charge on any atom is 0.269 e. The lowest BCUT2D eigenvalue weighted by atomic mass is 10.1. The van der Waals surface area contributed by atoms with E-state index in [1.54, 1.807) is 11.9 Å². The maximum atomic E-state index is 12.4. The van der Waals surface area contributed by atoms with E-state index in [0.29, 0.717) is 23.4 Å². The summed E-state index contributed by atoms with van der Waals surface area (Å²) in [6.07, 6.45) is 2.90. The number of aromatic nitrogens is 1. The van der Waals surface area contributed by atoms with Crippen molar-refractivity contribution >= 4 is 34.1 Å². The molecule has 7 heteroatoms. The van der Waals surface area contributed by atoms with Gasteiger partial charge in [-0.3, -0.25) is 14.9 Å². The number of aromatic amines is 1. The van der Waals surface area contributed by atoms with Crippen molar-refractivity contribution in [3.63, 3.8) is 0 Å². The predicted molar refractivity (Wildman–Crippen MR) is 101 cm³/mol. The summed E-state index contributed by atoms with van der Waals surface area (Å²) in [5.74, 6) is -0.0437. The highest BCUT2D eigenvalue weighted by Gasteiger charge is 2.15. The Morgan fingerprint density at radius 2 is 2.00 bits per heavy atom. The zero-order valence-electron chi connectivity index (χ0n) is 14.2. The Bertz CT molecular complexity index is 968. The smallest absolute Gasteiger partial charge is 0.269 e. The summed E-state index contributed by atoms with van der Waals surface area (Å²) >= 11 is 6.11. The average molecular weight is 372 g/mol. The molecule has 0 saturated heterocycles. The number of benzene rings is 2. The monoisotopic (exact) mass is 371 g/mol. The van der Waals surface area contributed by atoms with E-state index in [4.69, 9.17) is 11.6 Å². The molecule has 0 spiro atoms. The van der Waals surface area contributed by atoms with Crippen LogP contribution in [0, 0.1) is 10.1 Å². The minimum absolute atomic E-state index is 0.0379. The van der Waals surface area contributed by atoms with Crippen LogP contribution in [0.1, 0.15) is 17.5 Å². The minimum atomic E-state index is -0.474. The number of non-ortho nitro benzene ring substituents is 1. The first-order valence-corrected chi connectivity index (χ1v) is 8.55. The zero-order chi connectivity index (χ0) is 18.7. The summed E-state index contributed by atoms with van der Waals surface area (Å²) in [6.45, 7) is 0.229. The number of hydrogen-bond acceptors (Lipinski definition) is 3. The number of nitro groups is 1. The lowest BCUT2D eigenvalue weighted by molar-refractivity contribution is -0.384. The molecule has 0 radical (unpaired) electrons. The molecular weight excluding hydrogens is 354 g/mol. The number of para-hydroxylation sites is 1. The van der Waals surface area contributed by atoms with Crippen molar-refractivity contribution in [3.05, 3.63) is 74.9 Å². The number of aryl methyl sites for hydroxylation is 1. The number of halogens is 1. The van der Waals surface area contributed by atoms with Gasteiger partial charge in [0.25, 0.3) is 5.69 Å². The molecule has 134 valence electrons. The molecule has 1 aromatic heterocycles. The predicted octanol–water partition coefficient (Wildman–Crippen LogP) is 4.32. The van der Waals surface area contributed by atoms with Gasteiger partial charge in [0.2, 0.25) is 5.91 Å². The van der Waals surface area contributed by atoms with Gasteiger partial charge in [-0.05, 0) is 29.7 Å². The summed E-state index contributed by atoms with van der Waals surface area (Å²) in [5, 5.41) is 12.4. The Kier molecular flexibility index (Phi) is 5.23. The van der Waals surface area contributed by atoms with Gasteiger partial charge < -0.3 is 9.88 Å². The number of carbonyl (C=O) groups excluding carboxylic acids is 1. The molecule has 0 unspecified atom stereocenters. The van der Waals surface area contributed by atoms with Crippen LogP contribution in [-0.4, -0.2) is 27.8 Å². The topological polar surface area (TPSA) is 79.2 Å². The van der Waals surface area contributed by atoms with Crippen LogP contribution in [0.25, 0.3) is 10.9 Å². The fraction of sp³-hybridized carbons (Fsp3) is 0.211. The van der Waals surface area contributed by atoms with E-state index in [-0.39, 0.29) is 18.1 Å². The maximum absolute atomic E-state index is 12.4. The third-order valence-corrected chi connectivity index (χ3v) is 4.73. The van der Waals surface area contributed by atoms with Crippen molar-refractivity contribution in [2.75, 3.05) is 7.05 Å². The first-order valence-electron chi connectivity index (χ1n) is 8.17. The third kappa shape index (κ3) is 3.86. The number of nitrogens with zero attached hydrogens (tertiary/aromatic N) is 2. The Morgan fingerprint density at radius 3 is 2.77 bits per heavy atom. The summed E-state index contributed by atoms with van der Waals surface area (Å²) in [4.78, 5) is 27.6. The van der Waals surface area contributed by atoms with Gasteiger partial charge in [-0.25, -0.2) is 0 Å². The Labute approximate surface area is 155 Å². The van der Waals surface area contributed by atoms with Gasteiger partial charge in [0, 0.05) is 54.3 Å². The molecule has 0 atom stereocenters. The number of H-pyrrole nitrogens is 1. The van der Waals surface area contributed by atoms with Crippen LogP contribution in [0.4, 0.5) is 5.69 Å². The molecule has 0 saturated carbocycles. The molecular formula is C19H18ClN3O3. The average Bonchev–Trinajstić information content (AvgIpc) is 3.04. The van der Waals surface area contributed by atoms with Crippen molar-refractivity contribution in [2.24, 2.45) is 0 Å². The second-order valence-electron chi connectivity index (χ2n) is 6.14. The Hall–Kier alpha value is -2.86. The molecule has 1 heterocycles. The molecule has 26 heavy (non-hydrogen) atoms. The molecule has 0 aliphatic rings. The van der Waals surface area contributed by atoms with Gasteiger partial charge in [-0.1, -0.05) is 29.8 Å². The highest BCUT2D eigenvalue weighted by Crippen LogP contribution is 2.24. The van der Waals surface area contributed by atoms with Crippen molar-refractivity contribution < 1.29 is 9.72 Å². The lowest BCUT2D eigenvalue weighted by Gasteiger charge is -2.18. The van der Waals surface area contributed by atoms with E-state index in [9.17, 15) is 14.9 Å². The summed E-state index contributed by atoms with van der Waals surface area (Å²) in [6, 6.07) is 12.2. The van der Waals surface area contributed by atoms with Gasteiger partial charge in [0.05, 0.1) is 4.92 Å². The fourth-order valence-electron chi connectivity index (χ4n) is 2.91. The van der Waals surface area contributed by atoms with E-state index in [0.717, 1.165) is 16.5 Å². The molecule has 3 rings (SSSR count). The summed E-state index contributed by atoms with van der Waals surface area (Å²) < 4.78 is 0. The molecule has 2 aromatic carbocycles. The number of nitro benzene ring substituents is 1. The van der Waals surface area contributed by atoms with Crippen LogP contribution < -0.4 is 0 Å². The van der Waals surface area contributed by atoms with Crippen molar-refractivity contribution in [1.29, 1.82) is 0 Å². The molecule has 1 amide bonds. The zero-order valence-corrected chi connectivity index (χ0v) is 15.0. The Morgan fingerprint density at radius 1 is 1.23 bits per heavy atom. The fourth-order valence-corrected chi connectivity index (χ4v) is 3.09. The van der Waals surface area contributed by atoms with E-state index < -0.39 is 4.92 Å².